The van der Waals surface area contributed by atoms with Gasteiger partial charge in [0.15, 0.2) is 0 Å². The van der Waals surface area contributed by atoms with E-state index >= 15 is 0 Å². The monoisotopic (exact) mass is 253 g/mol. The molecule has 0 rings (SSSR count). The van der Waals surface area contributed by atoms with Crippen LogP contribution in [0.2, 0.25) is 0 Å². The van der Waals surface area contributed by atoms with Crippen LogP contribution in [-0.2, 0) is 14.8 Å². The number of methoxy groups -OCH3 is 1. The van der Waals surface area contributed by atoms with Crippen LogP contribution in [0.25, 0.3) is 0 Å². The molecular formula is C10H23NO4S. The summed E-state index contributed by atoms with van der Waals surface area (Å²) in [6.07, 6.45) is 0.397. The van der Waals surface area contributed by atoms with E-state index in [2.05, 4.69) is 4.72 Å². The lowest BCUT2D eigenvalue weighted by Crippen LogP contribution is -2.42. The number of hydrogen-bond donors (Lipinski definition) is 2. The molecule has 0 saturated carbocycles. The molecule has 0 spiro atoms. The molecule has 0 heterocycles. The standard InChI is InChI=1S/C10H23NO4S/c1-9(2)7-16(13,14)11-8-10(3,12)5-6-15-4/h9,11-12H,5-8H2,1-4H3. The second-order valence-corrected chi connectivity index (χ2v) is 6.59. The Kier molecular flexibility index (Phi) is 6.47. The fourth-order valence-corrected chi connectivity index (χ4v) is 2.70. The highest BCUT2D eigenvalue weighted by Gasteiger charge is 2.23. The zero-order valence-corrected chi connectivity index (χ0v) is 11.3. The quantitative estimate of drug-likeness (QED) is 0.654. The molecule has 98 valence electrons. The summed E-state index contributed by atoms with van der Waals surface area (Å²) in [7, 11) is -1.75. The summed E-state index contributed by atoms with van der Waals surface area (Å²) in [5.74, 6) is 0.148. The summed E-state index contributed by atoms with van der Waals surface area (Å²) in [5, 5.41) is 9.84. The lowest BCUT2D eigenvalue weighted by molar-refractivity contribution is 0.0292. The molecule has 0 aliphatic heterocycles. The summed E-state index contributed by atoms with van der Waals surface area (Å²) in [6, 6.07) is 0. The minimum absolute atomic E-state index is 0.0193. The molecule has 0 amide bonds. The molecule has 0 aromatic carbocycles. The van der Waals surface area contributed by atoms with Crippen molar-refractivity contribution in [3.8, 4) is 0 Å². The van der Waals surface area contributed by atoms with Gasteiger partial charge in [-0.05, 0) is 12.8 Å². The number of nitrogens with one attached hydrogen (secondary N) is 1. The normalized spacial score (nSPS) is 16.4. The number of sulfonamides is 1. The van der Waals surface area contributed by atoms with E-state index in [0.717, 1.165) is 0 Å². The minimum atomic E-state index is -3.29. The lowest BCUT2D eigenvalue weighted by Gasteiger charge is -2.23. The van der Waals surface area contributed by atoms with Gasteiger partial charge < -0.3 is 9.84 Å². The molecule has 0 saturated heterocycles. The Bertz CT molecular complexity index is 285. The Balaban J connectivity index is 4.12. The summed E-state index contributed by atoms with van der Waals surface area (Å²) >= 11 is 0. The number of hydrogen-bond acceptors (Lipinski definition) is 4. The average Bonchev–Trinajstić information content (AvgIpc) is 2.10. The smallest absolute Gasteiger partial charge is 0.211 e. The fraction of sp³-hybridized carbons (Fsp3) is 1.00. The van der Waals surface area contributed by atoms with Crippen LogP contribution in [-0.4, -0.2) is 45.1 Å². The third kappa shape index (κ3) is 8.04. The molecule has 1 atom stereocenters. The van der Waals surface area contributed by atoms with Crippen molar-refractivity contribution < 1.29 is 18.3 Å². The van der Waals surface area contributed by atoms with E-state index in [0.29, 0.717) is 13.0 Å². The van der Waals surface area contributed by atoms with Crippen molar-refractivity contribution in [2.24, 2.45) is 5.92 Å². The molecule has 0 fully saturated rings. The minimum Gasteiger partial charge on any atom is -0.389 e. The second kappa shape index (κ2) is 6.54. The average molecular weight is 253 g/mol. The van der Waals surface area contributed by atoms with Crippen molar-refractivity contribution >= 4 is 10.0 Å². The largest absolute Gasteiger partial charge is 0.389 e. The van der Waals surface area contributed by atoms with Crippen LogP contribution in [0.15, 0.2) is 0 Å². The van der Waals surface area contributed by atoms with Crippen molar-refractivity contribution in [3.05, 3.63) is 0 Å². The third-order valence-electron chi connectivity index (χ3n) is 2.07. The van der Waals surface area contributed by atoms with E-state index in [9.17, 15) is 13.5 Å². The van der Waals surface area contributed by atoms with Gasteiger partial charge >= 0.3 is 0 Å². The van der Waals surface area contributed by atoms with Crippen molar-refractivity contribution in [1.29, 1.82) is 0 Å². The number of ether oxygens (including phenoxy) is 1. The first-order valence-electron chi connectivity index (χ1n) is 5.37. The maximum Gasteiger partial charge on any atom is 0.211 e. The number of rotatable bonds is 8. The molecule has 0 bridgehead atoms. The highest BCUT2D eigenvalue weighted by atomic mass is 32.2. The highest BCUT2D eigenvalue weighted by Crippen LogP contribution is 2.08. The predicted molar refractivity (Wildman–Crippen MR) is 63.7 cm³/mol. The predicted octanol–water partition coefficient (Wildman–Crippen LogP) is 0.349. The molecule has 5 nitrogen and oxygen atoms in total. The maximum atomic E-state index is 11.5. The second-order valence-electron chi connectivity index (χ2n) is 4.74. The molecule has 0 aromatic heterocycles. The van der Waals surface area contributed by atoms with Gasteiger partial charge in [0, 0.05) is 26.7 Å². The topological polar surface area (TPSA) is 75.6 Å². The van der Waals surface area contributed by atoms with Gasteiger partial charge in [-0.15, -0.1) is 0 Å². The first kappa shape index (κ1) is 15.8. The van der Waals surface area contributed by atoms with Gasteiger partial charge in [-0.25, -0.2) is 13.1 Å². The van der Waals surface area contributed by atoms with Crippen LogP contribution in [0.5, 0.6) is 0 Å². The Labute approximate surface area is 98.2 Å². The molecule has 6 heteroatoms. The first-order chi connectivity index (χ1) is 7.18. The van der Waals surface area contributed by atoms with Crippen molar-refractivity contribution in [2.45, 2.75) is 32.8 Å². The van der Waals surface area contributed by atoms with E-state index in [4.69, 9.17) is 4.74 Å². The van der Waals surface area contributed by atoms with Crippen LogP contribution in [0.1, 0.15) is 27.2 Å². The van der Waals surface area contributed by atoms with Crippen molar-refractivity contribution in [3.63, 3.8) is 0 Å². The van der Waals surface area contributed by atoms with Crippen molar-refractivity contribution in [1.82, 2.24) is 4.72 Å². The molecule has 0 aliphatic rings. The fourth-order valence-electron chi connectivity index (χ4n) is 1.17. The lowest BCUT2D eigenvalue weighted by atomic mass is 10.0. The molecule has 1 unspecified atom stereocenters. The summed E-state index contributed by atoms with van der Waals surface area (Å²) < 4.78 is 30.3. The summed E-state index contributed by atoms with van der Waals surface area (Å²) in [4.78, 5) is 0. The molecule has 16 heavy (non-hydrogen) atoms. The molecule has 0 aliphatic carbocycles. The SMILES string of the molecule is COCCC(C)(O)CNS(=O)(=O)CC(C)C. The Morgan fingerprint density at radius 2 is 2.00 bits per heavy atom. The molecule has 0 radical (unpaired) electrons. The van der Waals surface area contributed by atoms with E-state index in [1.165, 1.54) is 0 Å². The zero-order valence-electron chi connectivity index (χ0n) is 10.5. The zero-order chi connectivity index (χ0) is 12.8. The van der Waals surface area contributed by atoms with Gasteiger partial charge in [0.1, 0.15) is 0 Å². The Morgan fingerprint density at radius 1 is 1.44 bits per heavy atom. The Hall–Kier alpha value is -0.170. The van der Waals surface area contributed by atoms with Gasteiger partial charge in [-0.3, -0.25) is 0 Å². The van der Waals surface area contributed by atoms with Crippen molar-refractivity contribution in [2.75, 3.05) is 26.0 Å². The summed E-state index contributed by atoms with van der Waals surface area (Å²) in [6.45, 7) is 5.68. The van der Waals surface area contributed by atoms with Crippen LogP contribution < -0.4 is 4.72 Å². The van der Waals surface area contributed by atoms with Gasteiger partial charge in [-0.1, -0.05) is 13.8 Å². The van der Waals surface area contributed by atoms with E-state index in [1.54, 1.807) is 14.0 Å². The van der Waals surface area contributed by atoms with Gasteiger partial charge in [0.2, 0.25) is 10.0 Å². The van der Waals surface area contributed by atoms with Crippen LogP contribution in [0.3, 0.4) is 0 Å². The molecule has 0 aromatic rings. The first-order valence-corrected chi connectivity index (χ1v) is 7.02. The van der Waals surface area contributed by atoms with Crippen LogP contribution in [0, 0.1) is 5.92 Å². The van der Waals surface area contributed by atoms with Gasteiger partial charge in [-0.2, -0.15) is 0 Å². The maximum absolute atomic E-state index is 11.5. The third-order valence-corrected chi connectivity index (χ3v) is 3.76. The van der Waals surface area contributed by atoms with E-state index in [-0.39, 0.29) is 18.2 Å². The van der Waals surface area contributed by atoms with Gasteiger partial charge in [0.05, 0.1) is 11.4 Å². The number of aliphatic hydroxyl groups is 1. The highest BCUT2D eigenvalue weighted by molar-refractivity contribution is 7.89. The molecule has 2 N–H and O–H groups in total. The van der Waals surface area contributed by atoms with E-state index in [1.807, 2.05) is 13.8 Å². The van der Waals surface area contributed by atoms with Crippen LogP contribution in [0.4, 0.5) is 0 Å². The summed E-state index contributed by atoms with van der Waals surface area (Å²) in [5.41, 5.74) is -1.07. The van der Waals surface area contributed by atoms with Gasteiger partial charge in [0.25, 0.3) is 0 Å². The Morgan fingerprint density at radius 3 is 2.44 bits per heavy atom. The van der Waals surface area contributed by atoms with E-state index < -0.39 is 15.6 Å². The molecular weight excluding hydrogens is 230 g/mol. The van der Waals surface area contributed by atoms with Crippen LogP contribution >= 0.6 is 0 Å².